The van der Waals surface area contributed by atoms with Crippen molar-refractivity contribution in [2.45, 2.75) is 101 Å². The van der Waals surface area contributed by atoms with E-state index >= 15 is 0 Å². The molecule has 2 heterocycles. The Kier molecular flexibility index (Phi) is 12.8. The molecule has 10 nitrogen and oxygen atoms in total. The van der Waals surface area contributed by atoms with Crippen molar-refractivity contribution in [3.8, 4) is 11.1 Å². The van der Waals surface area contributed by atoms with Crippen LogP contribution in [0.2, 0.25) is 5.04 Å². The molecule has 0 saturated carbocycles. The van der Waals surface area contributed by atoms with Gasteiger partial charge in [-0.1, -0.05) is 160 Å². The molecule has 0 radical (unpaired) electrons. The number of hydrogen-bond acceptors (Lipinski definition) is 9. The minimum Gasteiger partial charge on any atom is -0.459 e. The zero-order valence-corrected chi connectivity index (χ0v) is 37.3. The lowest BCUT2D eigenvalue weighted by Crippen LogP contribution is -2.68. The lowest BCUT2D eigenvalue weighted by atomic mass is 9.98. The molecule has 2 aliphatic heterocycles. The molecule has 2 fully saturated rings. The number of ether oxygens (including phenoxy) is 6. The van der Waals surface area contributed by atoms with Crippen LogP contribution >= 0.6 is 0 Å². The van der Waals surface area contributed by atoms with Crippen LogP contribution in [0.5, 0.6) is 0 Å². The minimum absolute atomic E-state index is 0.0185. The van der Waals surface area contributed by atoms with Gasteiger partial charge < -0.3 is 38.2 Å². The number of alkyl carbamates (subject to hydrolysis) is 1. The topological polar surface area (TPSA) is 111 Å². The van der Waals surface area contributed by atoms with Crippen molar-refractivity contribution in [2.75, 3.05) is 19.8 Å². The van der Waals surface area contributed by atoms with Crippen LogP contribution < -0.4 is 15.7 Å². The minimum atomic E-state index is -2.89. The molecule has 0 unspecified atom stereocenters. The van der Waals surface area contributed by atoms with Crippen LogP contribution in [0.15, 0.2) is 140 Å². The molecule has 1 aliphatic carbocycles. The molecule has 0 aromatic heterocycles. The summed E-state index contributed by atoms with van der Waals surface area (Å²) in [5, 5.41) is 4.89. The lowest BCUT2D eigenvalue weighted by Gasteiger charge is -2.45. The highest BCUT2D eigenvalue weighted by atomic mass is 28.4. The van der Waals surface area contributed by atoms with Gasteiger partial charge in [-0.2, -0.15) is 0 Å². The molecule has 0 bridgehead atoms. The molecular formula is C51H57NO9Si. The Labute approximate surface area is 365 Å². The fraction of sp³-hybridized carbons (Fsp3) is 0.373. The molecule has 5 aromatic carbocycles. The number of amides is 1. The van der Waals surface area contributed by atoms with Gasteiger partial charge in [0.15, 0.2) is 11.8 Å². The van der Waals surface area contributed by atoms with Crippen LogP contribution in [0.1, 0.15) is 64.2 Å². The second kappa shape index (κ2) is 18.3. The zero-order chi connectivity index (χ0) is 43.5. The number of rotatable bonds is 14. The van der Waals surface area contributed by atoms with Crippen molar-refractivity contribution in [3.63, 3.8) is 0 Å². The van der Waals surface area contributed by atoms with Gasteiger partial charge >= 0.3 is 12.1 Å². The van der Waals surface area contributed by atoms with E-state index in [1.54, 1.807) is 6.92 Å². The highest BCUT2D eigenvalue weighted by Gasteiger charge is 2.56. The Balaban J connectivity index is 0.989. The summed E-state index contributed by atoms with van der Waals surface area (Å²) in [6, 6.07) is 45.4. The summed E-state index contributed by atoms with van der Waals surface area (Å²) in [6.45, 7) is 12.7. The third kappa shape index (κ3) is 9.01. The second-order valence-corrected chi connectivity index (χ2v) is 22.1. The highest BCUT2D eigenvalue weighted by Crippen LogP contribution is 2.45. The fourth-order valence-electron chi connectivity index (χ4n) is 9.34. The van der Waals surface area contributed by atoms with Crippen LogP contribution in [0.25, 0.3) is 11.1 Å². The van der Waals surface area contributed by atoms with E-state index in [4.69, 9.17) is 32.8 Å². The summed E-state index contributed by atoms with van der Waals surface area (Å²) in [6.07, 6.45) is -3.90. The molecule has 3 aliphatic rings. The van der Waals surface area contributed by atoms with Gasteiger partial charge in [0.1, 0.15) is 37.6 Å². The molecule has 6 atom stereocenters. The Morgan fingerprint density at radius 2 is 1.26 bits per heavy atom. The molecule has 5 aromatic rings. The Morgan fingerprint density at radius 3 is 1.84 bits per heavy atom. The summed E-state index contributed by atoms with van der Waals surface area (Å²) in [7, 11) is -2.89. The van der Waals surface area contributed by atoms with E-state index in [-0.39, 0.29) is 37.4 Å². The summed E-state index contributed by atoms with van der Waals surface area (Å²) in [5.41, 5.74) is 5.21. The van der Waals surface area contributed by atoms with Gasteiger partial charge in [0.2, 0.25) is 0 Å². The maximum absolute atomic E-state index is 13.9. The monoisotopic (exact) mass is 855 g/mol. The Bertz CT molecular complexity index is 2220. The normalized spacial score (nSPS) is 21.5. The maximum atomic E-state index is 13.9. The molecule has 2 saturated heterocycles. The van der Waals surface area contributed by atoms with E-state index in [0.29, 0.717) is 0 Å². The Morgan fingerprint density at radius 1 is 0.726 bits per heavy atom. The van der Waals surface area contributed by atoms with Gasteiger partial charge in [-0.3, -0.25) is 0 Å². The number of carbonyl (C=O) groups is 2. The first kappa shape index (κ1) is 43.5. The Hall–Kier alpha value is -5.14. The predicted octanol–water partition coefficient (Wildman–Crippen LogP) is 7.91. The van der Waals surface area contributed by atoms with Crippen LogP contribution in [0.4, 0.5) is 4.79 Å². The smallest absolute Gasteiger partial charge is 0.407 e. The van der Waals surface area contributed by atoms with Crippen molar-refractivity contribution in [2.24, 2.45) is 0 Å². The number of nitrogens with one attached hydrogen (secondary N) is 1. The second-order valence-electron chi connectivity index (χ2n) is 17.8. The summed E-state index contributed by atoms with van der Waals surface area (Å²) in [5.74, 6) is -1.77. The van der Waals surface area contributed by atoms with Crippen molar-refractivity contribution >= 4 is 30.8 Å². The molecular weight excluding hydrogens is 799 g/mol. The number of benzene rings is 5. The number of fused-ring (bicyclic) bond motifs is 4. The first-order chi connectivity index (χ1) is 29.8. The highest BCUT2D eigenvalue weighted by molar-refractivity contribution is 6.99. The number of esters is 1. The maximum Gasteiger partial charge on any atom is 0.407 e. The van der Waals surface area contributed by atoms with Gasteiger partial charge in [-0.05, 0) is 64.0 Å². The molecule has 8 rings (SSSR count). The molecule has 0 spiro atoms. The predicted molar refractivity (Wildman–Crippen MR) is 240 cm³/mol. The van der Waals surface area contributed by atoms with Crippen molar-refractivity contribution < 1.29 is 42.4 Å². The molecule has 11 heteroatoms. The largest absolute Gasteiger partial charge is 0.459 e. The molecule has 1 amide bonds. The van der Waals surface area contributed by atoms with Crippen LogP contribution in [0, 0.1) is 0 Å². The van der Waals surface area contributed by atoms with Crippen molar-refractivity contribution in [1.82, 2.24) is 5.32 Å². The van der Waals surface area contributed by atoms with Gasteiger partial charge in [0.05, 0.1) is 19.3 Å². The van der Waals surface area contributed by atoms with Gasteiger partial charge in [-0.15, -0.1) is 0 Å². The molecule has 1 N–H and O–H groups in total. The number of hydrogen-bond donors (Lipinski definition) is 1. The van der Waals surface area contributed by atoms with E-state index in [9.17, 15) is 9.59 Å². The van der Waals surface area contributed by atoms with Crippen molar-refractivity contribution in [1.29, 1.82) is 0 Å². The average Bonchev–Trinajstić information content (AvgIpc) is 3.79. The van der Waals surface area contributed by atoms with Gasteiger partial charge in [0.25, 0.3) is 8.32 Å². The average molecular weight is 856 g/mol. The molecule has 62 heavy (non-hydrogen) atoms. The van der Waals surface area contributed by atoms with Crippen LogP contribution in [-0.4, -0.2) is 82.5 Å². The fourth-order valence-corrected chi connectivity index (χ4v) is 13.9. The first-order valence-corrected chi connectivity index (χ1v) is 23.5. The van der Waals surface area contributed by atoms with Crippen LogP contribution in [-0.2, 0) is 44.2 Å². The van der Waals surface area contributed by atoms with E-state index in [2.05, 4.69) is 98.9 Å². The van der Waals surface area contributed by atoms with Crippen molar-refractivity contribution in [3.05, 3.63) is 156 Å². The standard InChI is InChI=1S/C51H57NO9Si/c1-34(45(48(53)56-30-35-20-10-7-11-21-35)52-49(54)57-31-42-40-28-18-16-26-38(40)39-27-17-19-29-41(39)42)59-44-32-55-43(46-47(44)61-51(5,6)60-46)33-58-62(50(2,3)4,36-22-12-8-13-23-36)37-24-14-9-15-25-37/h7-29,34,42-47H,30-33H2,1-6H3,(H,52,54)/t34-,43-,44+,45+,46+,47-/m1/s1. The zero-order valence-electron chi connectivity index (χ0n) is 36.3. The van der Waals surface area contributed by atoms with Crippen LogP contribution in [0.3, 0.4) is 0 Å². The van der Waals surface area contributed by atoms with Gasteiger partial charge in [0, 0.05) is 5.92 Å². The summed E-state index contributed by atoms with van der Waals surface area (Å²) < 4.78 is 45.3. The SMILES string of the molecule is C[C@@H](O[C@H]1CO[C@H](CO[Si](c2ccccc2)(c2ccccc2)C(C)(C)C)[C@@H]2OC(C)(C)O[C@@H]21)[C@H](NC(=O)OCC1c2ccccc2-c2ccccc21)C(=O)OCc1ccccc1. The quantitative estimate of drug-likeness (QED) is 0.0881. The van der Waals surface area contributed by atoms with Gasteiger partial charge in [-0.25, -0.2) is 9.59 Å². The third-order valence-corrected chi connectivity index (χ3v) is 17.2. The van der Waals surface area contributed by atoms with E-state index < -0.39 is 62.7 Å². The lowest BCUT2D eigenvalue weighted by molar-refractivity contribution is -0.190. The third-order valence-electron chi connectivity index (χ3n) is 12.2. The summed E-state index contributed by atoms with van der Waals surface area (Å²) in [4.78, 5) is 27.6. The number of carbonyl (C=O) groups excluding carboxylic acids is 2. The molecule has 324 valence electrons. The van der Waals surface area contributed by atoms with E-state index in [1.165, 1.54) is 10.4 Å². The first-order valence-electron chi connectivity index (χ1n) is 21.5. The van der Waals surface area contributed by atoms with E-state index in [0.717, 1.165) is 27.8 Å². The summed E-state index contributed by atoms with van der Waals surface area (Å²) >= 11 is 0. The van der Waals surface area contributed by atoms with E-state index in [1.807, 2.05) is 80.6 Å².